The summed E-state index contributed by atoms with van der Waals surface area (Å²) >= 11 is 6.51. The molecular weight excluding hydrogens is 1150 g/mol. The molecule has 0 radical (unpaired) electrons. The maximum absolute atomic E-state index is 16.4. The number of carbonyl (C=O) groups excluding carboxylic acids is 4. The number of aryl methyl sites for hydroxylation is 1. The molecule has 5 aliphatic rings. The first-order chi connectivity index (χ1) is 40.8. The number of anilines is 3. The molecule has 27 heteroatoms. The van der Waals surface area contributed by atoms with Crippen LogP contribution in [0.15, 0.2) is 53.3 Å². The van der Waals surface area contributed by atoms with Crippen molar-refractivity contribution in [1.82, 2.24) is 44.1 Å². The third-order valence-electron chi connectivity index (χ3n) is 16.5. The summed E-state index contributed by atoms with van der Waals surface area (Å²) in [4.78, 5) is 90.7. The smallest absolute Gasteiger partial charge is 0.418 e. The van der Waals surface area contributed by atoms with Crippen LogP contribution in [0, 0.1) is 18.6 Å². The van der Waals surface area contributed by atoms with Crippen LogP contribution in [0.2, 0.25) is 5.02 Å². The molecule has 86 heavy (non-hydrogen) atoms. The van der Waals surface area contributed by atoms with Gasteiger partial charge in [0.15, 0.2) is 5.82 Å². The second-order valence-corrected chi connectivity index (χ2v) is 22.9. The van der Waals surface area contributed by atoms with E-state index in [0.29, 0.717) is 66.3 Å². The summed E-state index contributed by atoms with van der Waals surface area (Å²) in [6, 6.07) is 8.09. The Hall–Kier alpha value is -8.39. The number of nitrogen functional groups attached to an aromatic ring is 2. The van der Waals surface area contributed by atoms with Gasteiger partial charge < -0.3 is 59.5 Å². The lowest BCUT2D eigenvalue weighted by atomic mass is 9.85. The molecule has 0 saturated carbocycles. The monoisotopic (exact) mass is 1210 g/mol. The Kier molecular flexibility index (Phi) is 16.8. The molecule has 0 aliphatic carbocycles. The van der Waals surface area contributed by atoms with Crippen LogP contribution in [0.3, 0.4) is 0 Å². The predicted molar refractivity (Wildman–Crippen MR) is 309 cm³/mol. The number of pyridine rings is 3. The minimum atomic E-state index is -4.85. The number of nitrogens with two attached hydrogens (primary N) is 2. The molecule has 3 amide bonds. The minimum absolute atomic E-state index is 0.00736. The summed E-state index contributed by atoms with van der Waals surface area (Å²) in [5, 5.41) is 0.520. The molecule has 5 aliphatic heterocycles. The fourth-order valence-corrected chi connectivity index (χ4v) is 12.3. The van der Waals surface area contributed by atoms with Gasteiger partial charge in [-0.1, -0.05) is 25.1 Å². The van der Waals surface area contributed by atoms with Crippen molar-refractivity contribution in [3.05, 3.63) is 103 Å². The number of nitrogens with zero attached hydrogens (tertiary/aromatic N) is 10. The molecule has 2 aromatic carbocycles. The summed E-state index contributed by atoms with van der Waals surface area (Å²) in [7, 11) is 3.50. The van der Waals surface area contributed by atoms with Crippen molar-refractivity contribution in [3.8, 4) is 28.7 Å². The third kappa shape index (κ3) is 11.5. The van der Waals surface area contributed by atoms with Gasteiger partial charge in [-0.2, -0.15) is 23.1 Å². The van der Waals surface area contributed by atoms with Gasteiger partial charge in [0.25, 0.3) is 5.56 Å². The van der Waals surface area contributed by atoms with Crippen molar-refractivity contribution >= 4 is 75.3 Å². The minimum Gasteiger partial charge on any atom is -0.462 e. The zero-order chi connectivity index (χ0) is 61.8. The number of cyclic esters (lactones) is 1. The van der Waals surface area contributed by atoms with Crippen molar-refractivity contribution in [1.29, 1.82) is 0 Å². The number of hydrogen-bond donors (Lipinski definition) is 2. The molecule has 3 fully saturated rings. The molecule has 4 atom stereocenters. The van der Waals surface area contributed by atoms with E-state index in [9.17, 15) is 41.5 Å². The Labute approximate surface area is 495 Å². The van der Waals surface area contributed by atoms with Gasteiger partial charge in [0, 0.05) is 79.8 Å². The van der Waals surface area contributed by atoms with Crippen LogP contribution >= 0.6 is 11.6 Å². The van der Waals surface area contributed by atoms with Gasteiger partial charge in [0.1, 0.15) is 42.8 Å². The highest BCUT2D eigenvalue weighted by Crippen LogP contribution is 2.46. The lowest BCUT2D eigenvalue weighted by molar-refractivity contribution is -0.173. The molecule has 9 heterocycles. The van der Waals surface area contributed by atoms with Crippen molar-refractivity contribution < 1.29 is 60.1 Å². The van der Waals surface area contributed by atoms with E-state index >= 15 is 4.39 Å². The number of likely N-dealkylation sites (N-methyl/N-ethyl adjacent to an activating group) is 2. The molecule has 456 valence electrons. The van der Waals surface area contributed by atoms with E-state index in [0.717, 1.165) is 43.8 Å². The van der Waals surface area contributed by atoms with Crippen LogP contribution in [0.1, 0.15) is 80.7 Å². The quantitative estimate of drug-likeness (QED) is 0.0290. The Morgan fingerprint density at radius 2 is 1.73 bits per heavy atom. The fourth-order valence-electron chi connectivity index (χ4n) is 12.0. The van der Waals surface area contributed by atoms with Crippen LogP contribution in [0.5, 0.6) is 6.01 Å². The largest absolute Gasteiger partial charge is 0.462 e. The summed E-state index contributed by atoms with van der Waals surface area (Å²) < 4.78 is 97.2. The second-order valence-electron chi connectivity index (χ2n) is 22.5. The fraction of sp³-hybridized carbons (Fsp3) is 0.441. The normalized spacial score (nSPS) is 20.0. The highest BCUT2D eigenvalue weighted by molar-refractivity contribution is 6.34. The van der Waals surface area contributed by atoms with Gasteiger partial charge in [0.05, 0.1) is 62.6 Å². The number of carbonyl (C=O) groups is 4. The van der Waals surface area contributed by atoms with E-state index in [-0.39, 0.29) is 108 Å². The van der Waals surface area contributed by atoms with Gasteiger partial charge in [-0.05, 0) is 108 Å². The lowest BCUT2D eigenvalue weighted by Crippen LogP contribution is -2.51. The number of aromatic nitrogens is 5. The van der Waals surface area contributed by atoms with Gasteiger partial charge >= 0.3 is 30.3 Å². The molecular formula is C59H64ClF5N12O9. The number of fused-ring (bicyclic) bond motifs is 6. The number of likely N-dealkylation sites (tertiary alicyclic amines) is 2. The van der Waals surface area contributed by atoms with Gasteiger partial charge in [-0.25, -0.2) is 33.1 Å². The summed E-state index contributed by atoms with van der Waals surface area (Å²) in [6.45, 7) is 13.3. The van der Waals surface area contributed by atoms with E-state index in [2.05, 4.69) is 31.4 Å². The predicted octanol–water partition coefficient (Wildman–Crippen LogP) is 8.59. The lowest BCUT2D eigenvalue weighted by Gasteiger charge is -2.39. The van der Waals surface area contributed by atoms with Crippen LogP contribution < -0.4 is 26.7 Å². The second kappa shape index (κ2) is 23.8. The molecule has 21 nitrogen and oxygen atoms in total. The number of rotatable bonds is 12. The van der Waals surface area contributed by atoms with E-state index < -0.39 is 63.9 Å². The van der Waals surface area contributed by atoms with E-state index in [4.69, 9.17) is 42.0 Å². The van der Waals surface area contributed by atoms with E-state index in [1.165, 1.54) is 41.6 Å². The highest BCUT2D eigenvalue weighted by atomic mass is 35.5. The average Bonchev–Trinajstić information content (AvgIpc) is 1.36. The van der Waals surface area contributed by atoms with Crippen molar-refractivity contribution in [2.45, 2.75) is 103 Å². The van der Waals surface area contributed by atoms with Gasteiger partial charge in [-0.15, -0.1) is 0 Å². The maximum Gasteiger partial charge on any atom is 0.418 e. The van der Waals surface area contributed by atoms with Crippen molar-refractivity contribution in [2.75, 3.05) is 82.9 Å². The molecule has 3 saturated heterocycles. The molecule has 11 rings (SSSR count). The number of hydrogen-bond acceptors (Lipinski definition) is 17. The Balaban J connectivity index is 0.000000192. The average molecular weight is 1220 g/mol. The molecule has 0 bridgehead atoms. The molecule has 4 N–H and O–H groups in total. The maximum atomic E-state index is 16.4. The molecule has 0 spiro atoms. The van der Waals surface area contributed by atoms with E-state index in [1.54, 1.807) is 29.7 Å². The zero-order valence-corrected chi connectivity index (χ0v) is 48.9. The number of ether oxygens (including phenoxy) is 4. The number of piperazine rings is 1. The number of benzene rings is 2. The summed E-state index contributed by atoms with van der Waals surface area (Å²) in [6.07, 6.45) is -2.07. The van der Waals surface area contributed by atoms with Crippen molar-refractivity contribution in [2.24, 2.45) is 0 Å². The highest BCUT2D eigenvalue weighted by Gasteiger charge is 2.51. The number of amides is 3. The molecule has 4 unspecified atom stereocenters. The van der Waals surface area contributed by atoms with Crippen molar-refractivity contribution in [3.63, 3.8) is 0 Å². The van der Waals surface area contributed by atoms with Crippen LogP contribution in [0.4, 0.5) is 48.9 Å². The number of alkyl halides is 3. The van der Waals surface area contributed by atoms with Crippen LogP contribution in [-0.4, -0.2) is 153 Å². The van der Waals surface area contributed by atoms with E-state index in [1.807, 2.05) is 24.9 Å². The van der Waals surface area contributed by atoms with Gasteiger partial charge in [-0.3, -0.25) is 9.59 Å². The Morgan fingerprint density at radius 1 is 0.988 bits per heavy atom. The zero-order valence-electron chi connectivity index (χ0n) is 48.2. The van der Waals surface area contributed by atoms with Gasteiger partial charge in [0.2, 0.25) is 12.0 Å². The standard InChI is InChI=1S/C32H34FN5O7.C27H30ClF4N7O2/c1-5-32(45-30(41)36(4)14-20-7-6-8-37(20)31(42)44-15-17(2)3)22-11-26-27-19(9-18-10-24(34)23(33)12-25(18)35-27)13-38(26)28(39)21(22)16-43-29(32)40;1-14-9-19(33)34-24(21(14)27(30,31)32)20-18(28)10-17-23(22(20)29)35-26(41-12-16-5-4-6-37(16)3)36-25(17)39-8-7-38(13-40)11-15(39)2/h9-12,20H,2,5-8,13-16,34H2,1,3-4H3;9-10,13,15-16H,4-8,11-12H2,1-3H3,(H2,33,34). The number of halogens is 6. The summed E-state index contributed by atoms with van der Waals surface area (Å²) in [5.74, 6) is -2.40. The van der Waals surface area contributed by atoms with Crippen LogP contribution in [0.25, 0.3) is 44.5 Å². The first-order valence-electron chi connectivity index (χ1n) is 28.0. The molecule has 4 aromatic heterocycles. The third-order valence-corrected chi connectivity index (χ3v) is 16.8. The Bertz CT molecular complexity index is 3820. The first-order valence-corrected chi connectivity index (χ1v) is 28.4. The topological polar surface area (TPSA) is 247 Å². The first kappa shape index (κ1) is 60.7. The van der Waals surface area contributed by atoms with Crippen LogP contribution in [-0.2, 0) is 48.7 Å². The number of esters is 1. The Morgan fingerprint density at radius 3 is 2.42 bits per heavy atom. The summed E-state index contributed by atoms with van der Waals surface area (Å²) in [5.41, 5.74) is 9.42. The SMILES string of the molecule is C=C(C)COC(=O)N1CCCC1CN(C)C(=O)OC1(CC)C(=O)OCc2c1cc1n(c2=O)Cc2cc3cc(N)c(F)cc3nc2-1.Cc1cc(N)nc(-c2c(Cl)cc3c(N4CCN(C=O)CC4C)nc(OCC4CCCN4C)nc3c2F)c1C(F)(F)F. The molecule has 6 aromatic rings.